The van der Waals surface area contributed by atoms with Gasteiger partial charge in [-0.2, -0.15) is 0 Å². The average molecular weight is 292 g/mol. The summed E-state index contributed by atoms with van der Waals surface area (Å²) in [5, 5.41) is 2.14. The van der Waals surface area contributed by atoms with Crippen molar-refractivity contribution < 1.29 is 0 Å². The Labute approximate surface area is 131 Å². The van der Waals surface area contributed by atoms with Crippen LogP contribution in [0.3, 0.4) is 0 Å². The third-order valence-corrected chi connectivity index (χ3v) is 4.39. The molecule has 2 aromatic carbocycles. The molecule has 22 heavy (non-hydrogen) atoms. The van der Waals surface area contributed by atoms with Crippen molar-refractivity contribution in [3.8, 4) is 0 Å². The fourth-order valence-corrected chi connectivity index (χ4v) is 3.24. The lowest BCUT2D eigenvalue weighted by atomic mass is 9.93. The summed E-state index contributed by atoms with van der Waals surface area (Å²) in [5.74, 6) is 0. The predicted octanol–water partition coefficient (Wildman–Crippen LogP) is 2.26. The van der Waals surface area contributed by atoms with Gasteiger partial charge in [0.05, 0.1) is 12.1 Å². The summed E-state index contributed by atoms with van der Waals surface area (Å²) in [6.45, 7) is 2.10. The maximum Gasteiger partial charge on any atom is 0.0720 e. The zero-order valence-corrected chi connectivity index (χ0v) is 12.4. The lowest BCUT2D eigenvalue weighted by molar-refractivity contribution is 0.0154. The van der Waals surface area contributed by atoms with Gasteiger partial charge in [0.1, 0.15) is 0 Å². The predicted molar refractivity (Wildman–Crippen MR) is 87.3 cm³/mol. The molecule has 0 amide bonds. The Bertz CT molecular complexity index is 595. The van der Waals surface area contributed by atoms with Gasteiger partial charge in [-0.05, 0) is 11.1 Å². The average Bonchev–Trinajstić information content (AvgIpc) is 3.06. The molecule has 4 nitrogen and oxygen atoms in total. The summed E-state index contributed by atoms with van der Waals surface area (Å²) in [6, 6.07) is 22.4. The van der Waals surface area contributed by atoms with Crippen molar-refractivity contribution in [2.24, 2.45) is 0 Å². The molecule has 0 unspecified atom stereocenters. The van der Waals surface area contributed by atoms with Crippen LogP contribution in [0.4, 0.5) is 0 Å². The molecule has 2 N–H and O–H groups in total. The maximum absolute atomic E-state index is 3.14. The van der Waals surface area contributed by atoms with Crippen LogP contribution in [0.25, 0.3) is 0 Å². The highest BCUT2D eigenvalue weighted by Gasteiger charge is 2.37. The Hall–Kier alpha value is -2.30. The standard InChI is InChI=1S/C18H20N4/c1-3-7-15(8-4-1)18(16-9-5-2-6-10-16)21-13-17(14-21)22-12-11-19-20-22/h1-12,17-20H,13-14H2. The van der Waals surface area contributed by atoms with Crippen molar-refractivity contribution in [3.63, 3.8) is 0 Å². The first-order chi connectivity index (χ1) is 10.9. The number of nitrogens with zero attached hydrogens (tertiary/aromatic N) is 2. The molecule has 2 aromatic rings. The van der Waals surface area contributed by atoms with Crippen LogP contribution in [0.15, 0.2) is 73.1 Å². The Morgan fingerprint density at radius 1 is 0.864 bits per heavy atom. The van der Waals surface area contributed by atoms with E-state index in [4.69, 9.17) is 0 Å². The summed E-state index contributed by atoms with van der Waals surface area (Å²) in [5.41, 5.74) is 8.86. The summed E-state index contributed by atoms with van der Waals surface area (Å²) in [7, 11) is 0. The molecule has 0 atom stereocenters. The zero-order valence-electron chi connectivity index (χ0n) is 12.4. The molecule has 2 aliphatic rings. The van der Waals surface area contributed by atoms with E-state index in [-0.39, 0.29) is 0 Å². The van der Waals surface area contributed by atoms with E-state index in [1.54, 1.807) is 0 Å². The number of likely N-dealkylation sites (tertiary alicyclic amines) is 1. The quantitative estimate of drug-likeness (QED) is 0.905. The minimum Gasteiger partial charge on any atom is -0.310 e. The van der Waals surface area contributed by atoms with Crippen molar-refractivity contribution in [1.29, 1.82) is 0 Å². The van der Waals surface area contributed by atoms with Crippen LogP contribution in [0.1, 0.15) is 17.2 Å². The molecule has 4 rings (SSSR count). The Kier molecular flexibility index (Phi) is 3.54. The van der Waals surface area contributed by atoms with Crippen molar-refractivity contribution in [1.82, 2.24) is 20.9 Å². The fourth-order valence-electron chi connectivity index (χ4n) is 3.24. The molecule has 4 heteroatoms. The van der Waals surface area contributed by atoms with Crippen molar-refractivity contribution in [3.05, 3.63) is 84.2 Å². The molecule has 0 spiro atoms. The lowest BCUT2D eigenvalue weighted by Crippen LogP contribution is -2.61. The van der Waals surface area contributed by atoms with Gasteiger partial charge in [-0.1, -0.05) is 60.7 Å². The van der Waals surface area contributed by atoms with Gasteiger partial charge in [-0.3, -0.25) is 9.91 Å². The lowest BCUT2D eigenvalue weighted by Gasteiger charge is -2.47. The molecule has 2 aliphatic heterocycles. The summed E-state index contributed by atoms with van der Waals surface area (Å²) in [6.07, 6.45) is 3.98. The topological polar surface area (TPSA) is 30.5 Å². The first kappa shape index (κ1) is 13.4. The van der Waals surface area contributed by atoms with Crippen LogP contribution in [0.5, 0.6) is 0 Å². The number of hydrogen-bond acceptors (Lipinski definition) is 4. The Balaban J connectivity index is 1.56. The van der Waals surface area contributed by atoms with E-state index in [9.17, 15) is 0 Å². The summed E-state index contributed by atoms with van der Waals surface area (Å²) < 4.78 is 0. The second-order valence-electron chi connectivity index (χ2n) is 5.81. The largest absolute Gasteiger partial charge is 0.310 e. The molecule has 0 aromatic heterocycles. The van der Waals surface area contributed by atoms with E-state index in [1.807, 2.05) is 6.20 Å². The summed E-state index contributed by atoms with van der Waals surface area (Å²) in [4.78, 5) is 2.53. The minimum absolute atomic E-state index is 0.332. The number of rotatable bonds is 4. The monoisotopic (exact) mass is 292 g/mol. The van der Waals surface area contributed by atoms with Crippen molar-refractivity contribution in [2.45, 2.75) is 12.1 Å². The number of benzene rings is 2. The van der Waals surface area contributed by atoms with Gasteiger partial charge in [-0.15, -0.1) is 5.53 Å². The highest BCUT2D eigenvalue weighted by molar-refractivity contribution is 5.32. The molecule has 0 bridgehead atoms. The molecule has 2 heterocycles. The van der Waals surface area contributed by atoms with E-state index in [2.05, 4.69) is 87.7 Å². The van der Waals surface area contributed by atoms with E-state index < -0.39 is 0 Å². The van der Waals surface area contributed by atoms with Gasteiger partial charge in [-0.25, -0.2) is 0 Å². The van der Waals surface area contributed by atoms with Crippen LogP contribution >= 0.6 is 0 Å². The molecular formula is C18H20N4. The Morgan fingerprint density at radius 2 is 1.45 bits per heavy atom. The van der Waals surface area contributed by atoms with Gasteiger partial charge >= 0.3 is 0 Å². The third kappa shape index (κ3) is 2.47. The Morgan fingerprint density at radius 3 is 1.95 bits per heavy atom. The van der Waals surface area contributed by atoms with E-state index in [0.29, 0.717) is 12.1 Å². The van der Waals surface area contributed by atoms with Gasteiger partial charge < -0.3 is 5.43 Å². The SMILES string of the molecule is C1=CN(C2CN(C(c3ccccc3)c3ccccc3)C2)NN1. The molecule has 112 valence electrons. The van der Waals surface area contributed by atoms with E-state index in [1.165, 1.54) is 11.1 Å². The number of hydrazine groups is 2. The van der Waals surface area contributed by atoms with Crippen LogP contribution < -0.4 is 11.0 Å². The minimum atomic E-state index is 0.332. The van der Waals surface area contributed by atoms with Gasteiger partial charge in [0.15, 0.2) is 0 Å². The zero-order chi connectivity index (χ0) is 14.8. The van der Waals surface area contributed by atoms with Crippen LogP contribution in [-0.2, 0) is 0 Å². The van der Waals surface area contributed by atoms with E-state index in [0.717, 1.165) is 13.1 Å². The normalized spacial score (nSPS) is 18.5. The second-order valence-corrected chi connectivity index (χ2v) is 5.81. The summed E-state index contributed by atoms with van der Waals surface area (Å²) >= 11 is 0. The first-order valence-corrected chi connectivity index (χ1v) is 7.72. The van der Waals surface area contributed by atoms with Crippen LogP contribution in [0.2, 0.25) is 0 Å². The number of nitrogens with one attached hydrogen (secondary N) is 2. The van der Waals surface area contributed by atoms with Crippen LogP contribution in [-0.4, -0.2) is 29.0 Å². The molecule has 1 saturated heterocycles. The third-order valence-electron chi connectivity index (χ3n) is 4.39. The fraction of sp³-hybridized carbons (Fsp3) is 0.222. The van der Waals surface area contributed by atoms with Gasteiger partial charge in [0.2, 0.25) is 0 Å². The highest BCUT2D eigenvalue weighted by atomic mass is 15.7. The van der Waals surface area contributed by atoms with Gasteiger partial charge in [0, 0.05) is 25.5 Å². The molecule has 0 aliphatic carbocycles. The second kappa shape index (κ2) is 5.83. The molecule has 0 radical (unpaired) electrons. The smallest absolute Gasteiger partial charge is 0.0720 e. The van der Waals surface area contributed by atoms with E-state index >= 15 is 0 Å². The van der Waals surface area contributed by atoms with Crippen molar-refractivity contribution >= 4 is 0 Å². The molecule has 1 fully saturated rings. The molecule has 0 saturated carbocycles. The first-order valence-electron chi connectivity index (χ1n) is 7.72. The van der Waals surface area contributed by atoms with Crippen molar-refractivity contribution in [2.75, 3.05) is 13.1 Å². The highest BCUT2D eigenvalue weighted by Crippen LogP contribution is 2.33. The maximum atomic E-state index is 3.14. The van der Waals surface area contributed by atoms with Crippen LogP contribution in [0, 0.1) is 0 Å². The molecular weight excluding hydrogens is 272 g/mol. The number of hydrogen-bond donors (Lipinski definition) is 2. The van der Waals surface area contributed by atoms with Gasteiger partial charge in [0.25, 0.3) is 0 Å².